The Balaban J connectivity index is 1.95. The Morgan fingerprint density at radius 2 is 1.94 bits per heavy atom. The third kappa shape index (κ3) is 10.1. The molecule has 0 atom stereocenters. The summed E-state index contributed by atoms with van der Waals surface area (Å²) < 4.78 is 43.9. The first-order valence-corrected chi connectivity index (χ1v) is 10.9. The maximum absolute atomic E-state index is 12.9. The molecule has 0 aliphatic heterocycles. The van der Waals surface area contributed by atoms with E-state index in [1.165, 1.54) is 18.4 Å². The fourth-order valence-corrected chi connectivity index (χ4v) is 2.95. The molecule has 2 aromatic rings. The van der Waals surface area contributed by atoms with E-state index in [2.05, 4.69) is 10.5 Å². The van der Waals surface area contributed by atoms with E-state index in [4.69, 9.17) is 14.4 Å². The average molecular weight is 479 g/mol. The summed E-state index contributed by atoms with van der Waals surface area (Å²) in [6.45, 7) is 4.79. The van der Waals surface area contributed by atoms with Crippen LogP contribution in [-0.4, -0.2) is 36.1 Å². The van der Waals surface area contributed by atoms with Gasteiger partial charge in [0.25, 0.3) is 0 Å². The number of hydrogen-bond donors (Lipinski definition) is 2. The van der Waals surface area contributed by atoms with Crippen molar-refractivity contribution in [3.63, 3.8) is 0 Å². The van der Waals surface area contributed by atoms with Gasteiger partial charge in [0.1, 0.15) is 12.4 Å². The van der Waals surface area contributed by atoms with Crippen LogP contribution in [-0.2, 0) is 16.2 Å². The van der Waals surface area contributed by atoms with Crippen LogP contribution in [0, 0.1) is 0 Å². The third-order valence-corrected chi connectivity index (χ3v) is 4.87. The van der Waals surface area contributed by atoms with Gasteiger partial charge in [0, 0.05) is 18.7 Å². The van der Waals surface area contributed by atoms with Crippen molar-refractivity contribution in [1.29, 1.82) is 0 Å². The summed E-state index contributed by atoms with van der Waals surface area (Å²) in [6, 6.07) is 10.7. The van der Waals surface area contributed by atoms with Gasteiger partial charge < -0.3 is 19.7 Å². The number of hydrogen-bond acceptors (Lipinski definition) is 5. The van der Waals surface area contributed by atoms with E-state index < -0.39 is 18.6 Å². The number of nitrogens with one attached hydrogen (secondary N) is 1. The van der Waals surface area contributed by atoms with Crippen LogP contribution in [0.5, 0.6) is 0 Å². The Bertz CT molecular complexity index is 992. The number of rotatable bonds is 13. The summed E-state index contributed by atoms with van der Waals surface area (Å²) >= 11 is 0. The molecular weight excluding hydrogens is 449 g/mol. The molecule has 0 radical (unpaired) electrons. The van der Waals surface area contributed by atoms with E-state index in [9.17, 15) is 18.0 Å². The van der Waals surface area contributed by atoms with Gasteiger partial charge in [-0.3, -0.25) is 4.79 Å². The molecule has 1 aromatic heterocycles. The first-order chi connectivity index (χ1) is 16.2. The van der Waals surface area contributed by atoms with Crippen molar-refractivity contribution in [3.05, 3.63) is 77.3 Å². The summed E-state index contributed by atoms with van der Waals surface area (Å²) in [7, 11) is 0. The van der Waals surface area contributed by atoms with Gasteiger partial charge >= 0.3 is 12.1 Å². The van der Waals surface area contributed by atoms with E-state index in [0.717, 1.165) is 16.7 Å². The molecular formula is C25H29F3N2O4. The van der Waals surface area contributed by atoms with Crippen LogP contribution < -0.4 is 5.32 Å². The van der Waals surface area contributed by atoms with Gasteiger partial charge in [-0.15, -0.1) is 0 Å². The number of nitrogens with zero attached hydrogens (tertiary/aromatic N) is 1. The molecule has 0 unspecified atom stereocenters. The predicted octanol–water partition coefficient (Wildman–Crippen LogP) is 5.96. The zero-order valence-electron chi connectivity index (χ0n) is 19.2. The fourth-order valence-electron chi connectivity index (χ4n) is 2.95. The van der Waals surface area contributed by atoms with Crippen LogP contribution in [0.3, 0.4) is 0 Å². The van der Waals surface area contributed by atoms with Crippen LogP contribution in [0.4, 0.5) is 13.2 Å². The van der Waals surface area contributed by atoms with Crippen LogP contribution in [0.15, 0.2) is 70.0 Å². The monoisotopic (exact) mass is 478 g/mol. The topological polar surface area (TPSA) is 84.1 Å². The highest BCUT2D eigenvalue weighted by Crippen LogP contribution is 2.30. The van der Waals surface area contributed by atoms with Crippen LogP contribution in [0.1, 0.15) is 50.0 Å². The molecule has 1 heterocycles. The first-order valence-electron chi connectivity index (χ1n) is 10.9. The molecule has 0 amide bonds. The van der Waals surface area contributed by atoms with Gasteiger partial charge in [0.15, 0.2) is 0 Å². The molecule has 0 aliphatic rings. The molecule has 34 heavy (non-hydrogen) atoms. The van der Waals surface area contributed by atoms with Crippen LogP contribution in [0.2, 0.25) is 0 Å². The van der Waals surface area contributed by atoms with Gasteiger partial charge in [-0.2, -0.15) is 13.2 Å². The third-order valence-electron chi connectivity index (χ3n) is 4.87. The SMILES string of the molecule is CC/C(=C\C=C(/CC(F)(F)F)c1ccco1)CO/N=C(\C)c1ccc(CNCCC(=O)O)cc1. The molecule has 0 saturated heterocycles. The number of carboxylic acids is 1. The van der Waals surface area contributed by atoms with Crippen LogP contribution in [0.25, 0.3) is 5.57 Å². The molecule has 0 fully saturated rings. The number of carboxylic acid groups (broad SMARTS) is 1. The summed E-state index contributed by atoms with van der Waals surface area (Å²) in [4.78, 5) is 16.0. The summed E-state index contributed by atoms with van der Waals surface area (Å²) in [5.41, 5.74) is 3.36. The smallest absolute Gasteiger partial charge is 0.393 e. The number of benzene rings is 1. The first kappa shape index (κ1) is 26.9. The van der Waals surface area contributed by atoms with E-state index >= 15 is 0 Å². The van der Waals surface area contributed by atoms with Crippen molar-refractivity contribution in [2.45, 2.75) is 45.8 Å². The minimum Gasteiger partial charge on any atom is -0.481 e. The van der Waals surface area contributed by atoms with Gasteiger partial charge in [-0.25, -0.2) is 0 Å². The molecule has 2 rings (SSSR count). The Morgan fingerprint density at radius 3 is 2.53 bits per heavy atom. The quantitative estimate of drug-likeness (QED) is 0.161. The summed E-state index contributed by atoms with van der Waals surface area (Å²) in [6.07, 6.45) is -0.413. The molecule has 9 heteroatoms. The van der Waals surface area contributed by atoms with E-state index in [0.29, 0.717) is 25.2 Å². The van der Waals surface area contributed by atoms with Gasteiger partial charge in [-0.1, -0.05) is 48.5 Å². The Kier molecular flexibility index (Phi) is 10.6. The number of aliphatic carboxylic acids is 1. The van der Waals surface area contributed by atoms with Crippen molar-refractivity contribution in [1.82, 2.24) is 5.32 Å². The second-order valence-electron chi connectivity index (χ2n) is 7.61. The number of carbonyl (C=O) groups is 1. The molecule has 2 N–H and O–H groups in total. The lowest BCUT2D eigenvalue weighted by Gasteiger charge is -2.09. The minimum absolute atomic E-state index is 0.0423. The average Bonchev–Trinajstić information content (AvgIpc) is 3.32. The fraction of sp³-hybridized carbons (Fsp3) is 0.360. The highest BCUT2D eigenvalue weighted by molar-refractivity contribution is 5.98. The van der Waals surface area contributed by atoms with Crippen molar-refractivity contribution >= 4 is 17.3 Å². The Hall–Kier alpha value is -3.33. The van der Waals surface area contributed by atoms with Crippen LogP contribution >= 0.6 is 0 Å². The highest BCUT2D eigenvalue weighted by atomic mass is 19.4. The zero-order chi connectivity index (χ0) is 25.0. The van der Waals surface area contributed by atoms with Crippen molar-refractivity contribution in [2.24, 2.45) is 5.16 Å². The molecule has 0 spiro atoms. The summed E-state index contributed by atoms with van der Waals surface area (Å²) in [5.74, 6) is -0.662. The number of oxime groups is 1. The Morgan fingerprint density at radius 1 is 1.21 bits per heavy atom. The van der Waals surface area contributed by atoms with Gasteiger partial charge in [0.05, 0.1) is 24.8 Å². The second kappa shape index (κ2) is 13.4. The Labute approximate surface area is 196 Å². The predicted molar refractivity (Wildman–Crippen MR) is 124 cm³/mol. The molecule has 184 valence electrons. The molecule has 0 bridgehead atoms. The maximum atomic E-state index is 12.9. The van der Waals surface area contributed by atoms with E-state index in [-0.39, 0.29) is 24.4 Å². The lowest BCUT2D eigenvalue weighted by atomic mass is 10.1. The van der Waals surface area contributed by atoms with Gasteiger partial charge in [0.2, 0.25) is 0 Å². The van der Waals surface area contributed by atoms with E-state index in [1.807, 2.05) is 31.2 Å². The number of furan rings is 1. The largest absolute Gasteiger partial charge is 0.481 e. The lowest BCUT2D eigenvalue weighted by Crippen LogP contribution is -2.17. The molecule has 0 saturated carbocycles. The van der Waals surface area contributed by atoms with Crippen molar-refractivity contribution in [2.75, 3.05) is 13.2 Å². The van der Waals surface area contributed by atoms with Crippen molar-refractivity contribution in [3.8, 4) is 0 Å². The molecule has 1 aromatic carbocycles. The lowest BCUT2D eigenvalue weighted by molar-refractivity contribution is -0.136. The van der Waals surface area contributed by atoms with E-state index in [1.54, 1.807) is 19.1 Å². The minimum atomic E-state index is -4.35. The molecule has 0 aliphatic carbocycles. The van der Waals surface area contributed by atoms with Crippen molar-refractivity contribution < 1.29 is 32.3 Å². The standard InChI is InChI=1S/C25H29F3N2O4/c1-3-19(6-11-22(15-25(26,27)28)23-5-4-14-33-23)17-34-30-18(2)21-9-7-20(8-10-21)16-29-13-12-24(31)32/h4-11,14,29H,3,12-13,15-17H2,1-2H3,(H,31,32)/b19-6+,22-11+,30-18+. The highest BCUT2D eigenvalue weighted by Gasteiger charge is 2.30. The number of alkyl halides is 3. The maximum Gasteiger partial charge on any atom is 0.393 e. The number of halogens is 3. The summed E-state index contributed by atoms with van der Waals surface area (Å²) in [5, 5.41) is 15.8. The number of allylic oxidation sites excluding steroid dienone is 3. The zero-order valence-corrected chi connectivity index (χ0v) is 19.2. The second-order valence-corrected chi connectivity index (χ2v) is 7.61. The van der Waals surface area contributed by atoms with Gasteiger partial charge in [-0.05, 0) is 42.2 Å². The normalized spacial score (nSPS) is 13.3. The molecule has 6 nitrogen and oxygen atoms in total.